The maximum Gasteiger partial charge on any atom is 0.181 e. The first-order chi connectivity index (χ1) is 6.24. The molecule has 13 heavy (non-hydrogen) atoms. The highest BCUT2D eigenvalue weighted by Crippen LogP contribution is 2.22. The number of benzene rings is 1. The molecule has 0 amide bonds. The molecule has 0 spiro atoms. The second kappa shape index (κ2) is 4.75. The van der Waals surface area contributed by atoms with E-state index in [1.165, 1.54) is 0 Å². The predicted molar refractivity (Wildman–Crippen MR) is 51.7 cm³/mol. The van der Waals surface area contributed by atoms with Crippen LogP contribution in [0.2, 0.25) is 0 Å². The predicted octanol–water partition coefficient (Wildman–Crippen LogP) is 3.32. The summed E-state index contributed by atoms with van der Waals surface area (Å²) in [6.07, 6.45) is 2.18. The van der Waals surface area contributed by atoms with Crippen molar-refractivity contribution in [3.63, 3.8) is 0 Å². The van der Waals surface area contributed by atoms with E-state index >= 15 is 0 Å². The van der Waals surface area contributed by atoms with Gasteiger partial charge in [0.25, 0.3) is 0 Å². The topological polar surface area (TPSA) is 29.1 Å². The van der Waals surface area contributed by atoms with Crippen LogP contribution in [0.5, 0.6) is 11.5 Å². The molecule has 0 saturated heterocycles. The van der Waals surface area contributed by atoms with Crippen molar-refractivity contribution in [3.05, 3.63) is 23.8 Å². The van der Waals surface area contributed by atoms with Crippen molar-refractivity contribution in [3.8, 4) is 11.5 Å². The van der Waals surface area contributed by atoms with Gasteiger partial charge >= 0.3 is 0 Å². The zero-order chi connectivity index (χ0) is 9.68. The number of hydrogen-bond donors (Lipinski definition) is 0. The molecule has 0 aliphatic carbocycles. The number of hydrogen-bond acceptors (Lipinski definition) is 1. The molecule has 0 fully saturated rings. The molecule has 0 unspecified atom stereocenters. The van der Waals surface area contributed by atoms with Crippen molar-refractivity contribution in [1.82, 2.24) is 0 Å². The molecule has 0 aromatic heterocycles. The standard InChI is InChI=1S/C11H15O2/c1-3-4-7-13-10-5-6-11(12)9(2)8-10/h5-6,8H,3-4,7H2,1-2H3. The van der Waals surface area contributed by atoms with Gasteiger partial charge in [-0.2, -0.15) is 0 Å². The molecular formula is C11H15O2. The minimum atomic E-state index is 0.0721. The van der Waals surface area contributed by atoms with E-state index in [2.05, 4.69) is 6.92 Å². The van der Waals surface area contributed by atoms with Gasteiger partial charge in [-0.25, -0.2) is 0 Å². The summed E-state index contributed by atoms with van der Waals surface area (Å²) in [4.78, 5) is 0. The fraction of sp³-hybridized carbons (Fsp3) is 0.455. The zero-order valence-corrected chi connectivity index (χ0v) is 8.17. The Bertz CT molecular complexity index is 269. The van der Waals surface area contributed by atoms with Gasteiger partial charge < -0.3 is 4.74 Å². The summed E-state index contributed by atoms with van der Waals surface area (Å²) >= 11 is 0. The molecular weight excluding hydrogens is 164 g/mol. The van der Waals surface area contributed by atoms with Crippen molar-refractivity contribution in [2.24, 2.45) is 0 Å². The van der Waals surface area contributed by atoms with Gasteiger partial charge in [0.2, 0.25) is 0 Å². The van der Waals surface area contributed by atoms with E-state index in [1.54, 1.807) is 25.1 Å². The SMILES string of the molecule is CCCCOc1ccc([O])c(C)c1. The molecule has 1 aromatic rings. The summed E-state index contributed by atoms with van der Waals surface area (Å²) in [5.41, 5.74) is 0.744. The summed E-state index contributed by atoms with van der Waals surface area (Å²) in [5.74, 6) is 0.869. The lowest BCUT2D eigenvalue weighted by molar-refractivity contribution is 0.306. The second-order valence-corrected chi connectivity index (χ2v) is 3.13. The lowest BCUT2D eigenvalue weighted by Gasteiger charge is -2.05. The number of ether oxygens (including phenoxy) is 1. The van der Waals surface area contributed by atoms with Crippen LogP contribution in [-0.2, 0) is 5.11 Å². The Morgan fingerprint density at radius 1 is 1.38 bits per heavy atom. The molecule has 0 heterocycles. The van der Waals surface area contributed by atoms with E-state index in [1.807, 2.05) is 0 Å². The smallest absolute Gasteiger partial charge is 0.181 e. The van der Waals surface area contributed by atoms with Gasteiger partial charge in [-0.05, 0) is 31.5 Å². The average molecular weight is 179 g/mol. The molecule has 0 saturated carbocycles. The molecule has 0 aliphatic rings. The van der Waals surface area contributed by atoms with Gasteiger partial charge in [-0.3, -0.25) is 5.11 Å². The maximum atomic E-state index is 11.0. The quantitative estimate of drug-likeness (QED) is 0.652. The molecule has 1 aromatic carbocycles. The maximum absolute atomic E-state index is 11.0. The van der Waals surface area contributed by atoms with Crippen LogP contribution < -0.4 is 4.74 Å². The van der Waals surface area contributed by atoms with Crippen LogP contribution in [0.1, 0.15) is 25.3 Å². The van der Waals surface area contributed by atoms with E-state index in [9.17, 15) is 5.11 Å². The van der Waals surface area contributed by atoms with Crippen LogP contribution in [0.3, 0.4) is 0 Å². The van der Waals surface area contributed by atoms with Crippen LogP contribution in [0.25, 0.3) is 0 Å². The Hall–Kier alpha value is -1.18. The summed E-state index contributed by atoms with van der Waals surface area (Å²) in [7, 11) is 0. The Labute approximate surface area is 79.2 Å². The molecule has 2 heteroatoms. The highest BCUT2D eigenvalue weighted by molar-refractivity contribution is 5.37. The fourth-order valence-corrected chi connectivity index (χ4v) is 1.05. The van der Waals surface area contributed by atoms with Crippen molar-refractivity contribution in [2.75, 3.05) is 6.61 Å². The highest BCUT2D eigenvalue weighted by atomic mass is 16.5. The summed E-state index contributed by atoms with van der Waals surface area (Å²) in [6, 6.07) is 5.07. The van der Waals surface area contributed by atoms with E-state index in [0.29, 0.717) is 0 Å². The van der Waals surface area contributed by atoms with Crippen molar-refractivity contribution >= 4 is 0 Å². The van der Waals surface area contributed by atoms with E-state index in [-0.39, 0.29) is 5.75 Å². The van der Waals surface area contributed by atoms with Crippen molar-refractivity contribution in [1.29, 1.82) is 0 Å². The first-order valence-corrected chi connectivity index (χ1v) is 4.64. The summed E-state index contributed by atoms with van der Waals surface area (Å²) in [6.45, 7) is 4.65. The minimum absolute atomic E-state index is 0.0721. The first-order valence-electron chi connectivity index (χ1n) is 4.64. The fourth-order valence-electron chi connectivity index (χ4n) is 1.05. The zero-order valence-electron chi connectivity index (χ0n) is 8.17. The largest absolute Gasteiger partial charge is 0.494 e. The Kier molecular flexibility index (Phi) is 3.62. The molecule has 0 aliphatic heterocycles. The van der Waals surface area contributed by atoms with Gasteiger partial charge in [0, 0.05) is 5.56 Å². The molecule has 1 radical (unpaired) electrons. The summed E-state index contributed by atoms with van der Waals surface area (Å²) < 4.78 is 5.44. The van der Waals surface area contributed by atoms with Gasteiger partial charge in [0.05, 0.1) is 6.61 Å². The molecule has 1 rings (SSSR count). The van der Waals surface area contributed by atoms with Crippen LogP contribution in [0.15, 0.2) is 18.2 Å². The van der Waals surface area contributed by atoms with E-state index in [0.717, 1.165) is 30.8 Å². The lowest BCUT2D eigenvalue weighted by Crippen LogP contribution is -1.96. The molecule has 71 valence electrons. The van der Waals surface area contributed by atoms with Crippen LogP contribution in [0, 0.1) is 6.92 Å². The van der Waals surface area contributed by atoms with E-state index < -0.39 is 0 Å². The molecule has 2 nitrogen and oxygen atoms in total. The van der Waals surface area contributed by atoms with Crippen molar-refractivity contribution < 1.29 is 9.84 Å². The lowest BCUT2D eigenvalue weighted by atomic mass is 10.2. The number of unbranched alkanes of at least 4 members (excludes halogenated alkanes) is 1. The van der Waals surface area contributed by atoms with Gasteiger partial charge in [-0.1, -0.05) is 13.3 Å². The number of rotatable bonds is 4. The van der Waals surface area contributed by atoms with Crippen LogP contribution >= 0.6 is 0 Å². The summed E-state index contributed by atoms with van der Waals surface area (Å²) in [5, 5.41) is 11.0. The van der Waals surface area contributed by atoms with Gasteiger partial charge in [0.15, 0.2) is 5.75 Å². The Morgan fingerprint density at radius 3 is 2.77 bits per heavy atom. The van der Waals surface area contributed by atoms with Gasteiger partial charge in [0.1, 0.15) is 5.75 Å². The van der Waals surface area contributed by atoms with Crippen LogP contribution in [0.4, 0.5) is 0 Å². The third kappa shape index (κ3) is 2.98. The third-order valence-corrected chi connectivity index (χ3v) is 1.91. The second-order valence-electron chi connectivity index (χ2n) is 3.13. The first kappa shape index (κ1) is 9.90. The Balaban J connectivity index is 2.53. The van der Waals surface area contributed by atoms with Crippen LogP contribution in [-0.4, -0.2) is 6.61 Å². The normalized spacial score (nSPS) is 10.0. The number of aryl methyl sites for hydroxylation is 1. The molecule has 0 N–H and O–H groups in total. The third-order valence-electron chi connectivity index (χ3n) is 1.91. The van der Waals surface area contributed by atoms with E-state index in [4.69, 9.17) is 4.74 Å². The Morgan fingerprint density at radius 2 is 2.15 bits per heavy atom. The molecule has 0 bridgehead atoms. The van der Waals surface area contributed by atoms with Crippen molar-refractivity contribution in [2.45, 2.75) is 26.7 Å². The minimum Gasteiger partial charge on any atom is -0.494 e. The molecule has 0 atom stereocenters. The van der Waals surface area contributed by atoms with Gasteiger partial charge in [-0.15, -0.1) is 0 Å². The highest BCUT2D eigenvalue weighted by Gasteiger charge is 1.99. The monoisotopic (exact) mass is 179 g/mol. The average Bonchev–Trinajstić information content (AvgIpc) is 2.12.